The number of benzene rings is 1. The quantitative estimate of drug-likeness (QED) is 0.858. The van der Waals surface area contributed by atoms with Gasteiger partial charge in [-0.05, 0) is 36.5 Å². The molecule has 23 heavy (non-hydrogen) atoms. The van der Waals surface area contributed by atoms with E-state index in [9.17, 15) is 4.79 Å². The molecule has 1 aromatic carbocycles. The Kier molecular flexibility index (Phi) is 5.46. The van der Waals surface area contributed by atoms with Crippen LogP contribution in [0.25, 0.3) is 0 Å². The Balaban J connectivity index is 1.66. The Morgan fingerprint density at radius 2 is 2.22 bits per heavy atom. The molecule has 3 rings (SSSR count). The Hall–Kier alpha value is -1.66. The number of carbonyl (C=O) groups is 1. The maximum atomic E-state index is 12.3. The molecular formula is C16H19ClN4OS. The summed E-state index contributed by atoms with van der Waals surface area (Å²) in [5.74, 6) is 0.458. The molecule has 0 bridgehead atoms. The van der Waals surface area contributed by atoms with E-state index >= 15 is 0 Å². The minimum absolute atomic E-state index is 0.00948. The molecule has 1 aromatic heterocycles. The van der Waals surface area contributed by atoms with Gasteiger partial charge in [-0.2, -0.15) is 8.75 Å². The summed E-state index contributed by atoms with van der Waals surface area (Å²) in [6.07, 6.45) is 6.36. The van der Waals surface area contributed by atoms with E-state index in [1.165, 1.54) is 12.8 Å². The molecule has 7 heteroatoms. The van der Waals surface area contributed by atoms with Crippen molar-refractivity contribution in [2.75, 3.05) is 0 Å². The molecule has 2 N–H and O–H groups in total. The maximum absolute atomic E-state index is 12.3. The standard InChI is InChI=1S/C16H19ClN4OS/c17-13-7-3-6-12(8-13)15(11-4-1-2-5-11)20-16(22)18-9-14-10-19-23-21-14/h3,6-8,10-11,15H,1-2,4-5,9H2,(H2,18,20,22)/t15-/m0/s1. The fraction of sp³-hybridized carbons (Fsp3) is 0.438. The number of carbonyl (C=O) groups excluding carboxylic acids is 1. The molecule has 1 heterocycles. The average molecular weight is 351 g/mol. The van der Waals surface area contributed by atoms with Gasteiger partial charge in [0.25, 0.3) is 0 Å². The zero-order chi connectivity index (χ0) is 16.1. The van der Waals surface area contributed by atoms with Gasteiger partial charge < -0.3 is 10.6 Å². The van der Waals surface area contributed by atoms with Crippen molar-refractivity contribution >= 4 is 29.4 Å². The molecule has 1 atom stereocenters. The van der Waals surface area contributed by atoms with Crippen molar-refractivity contribution < 1.29 is 4.79 Å². The lowest BCUT2D eigenvalue weighted by Crippen LogP contribution is -2.40. The van der Waals surface area contributed by atoms with E-state index in [-0.39, 0.29) is 12.1 Å². The summed E-state index contributed by atoms with van der Waals surface area (Å²) in [6.45, 7) is 0.384. The molecule has 2 amide bonds. The number of aromatic nitrogens is 2. The summed E-state index contributed by atoms with van der Waals surface area (Å²) in [4.78, 5) is 12.3. The normalized spacial score (nSPS) is 16.2. The Bertz CT molecular complexity index is 643. The number of halogens is 1. The highest BCUT2D eigenvalue weighted by Crippen LogP contribution is 2.36. The van der Waals surface area contributed by atoms with Crippen LogP contribution in [0.2, 0.25) is 5.02 Å². The van der Waals surface area contributed by atoms with Gasteiger partial charge in [0.1, 0.15) is 0 Å². The third-order valence-corrected chi connectivity index (χ3v) is 4.95. The third kappa shape index (κ3) is 4.42. The zero-order valence-electron chi connectivity index (χ0n) is 12.7. The molecular weight excluding hydrogens is 332 g/mol. The van der Waals surface area contributed by atoms with Gasteiger partial charge >= 0.3 is 6.03 Å². The predicted molar refractivity (Wildman–Crippen MR) is 91.4 cm³/mol. The lowest BCUT2D eigenvalue weighted by atomic mass is 9.92. The molecule has 0 aliphatic heterocycles. The largest absolute Gasteiger partial charge is 0.332 e. The lowest BCUT2D eigenvalue weighted by molar-refractivity contribution is 0.230. The number of hydrogen-bond acceptors (Lipinski definition) is 4. The van der Waals surface area contributed by atoms with E-state index in [2.05, 4.69) is 19.4 Å². The number of nitrogens with zero attached hydrogens (tertiary/aromatic N) is 2. The first-order valence-electron chi connectivity index (χ1n) is 7.78. The molecule has 0 radical (unpaired) electrons. The van der Waals surface area contributed by atoms with Crippen LogP contribution in [-0.4, -0.2) is 14.8 Å². The molecule has 1 fully saturated rings. The first-order valence-corrected chi connectivity index (χ1v) is 8.89. The average Bonchev–Trinajstić information content (AvgIpc) is 3.24. The molecule has 1 aliphatic carbocycles. The monoisotopic (exact) mass is 350 g/mol. The second kappa shape index (κ2) is 7.75. The molecule has 122 valence electrons. The zero-order valence-corrected chi connectivity index (χ0v) is 14.2. The van der Waals surface area contributed by atoms with Gasteiger partial charge in [-0.25, -0.2) is 4.79 Å². The minimum Gasteiger partial charge on any atom is -0.332 e. The molecule has 0 unspecified atom stereocenters. The van der Waals surface area contributed by atoms with Crippen molar-refractivity contribution in [2.24, 2.45) is 5.92 Å². The van der Waals surface area contributed by atoms with Gasteiger partial charge in [-0.1, -0.05) is 36.6 Å². The topological polar surface area (TPSA) is 66.9 Å². The second-order valence-corrected chi connectivity index (χ2v) is 6.80. The predicted octanol–water partition coefficient (Wildman–Crippen LogP) is 3.92. The van der Waals surface area contributed by atoms with Gasteiger partial charge in [0.2, 0.25) is 0 Å². The van der Waals surface area contributed by atoms with E-state index in [0.29, 0.717) is 17.5 Å². The van der Waals surface area contributed by atoms with Crippen LogP contribution in [0.5, 0.6) is 0 Å². The van der Waals surface area contributed by atoms with E-state index in [1.54, 1.807) is 6.20 Å². The van der Waals surface area contributed by atoms with Gasteiger partial charge in [-0.15, -0.1) is 0 Å². The number of hydrogen-bond donors (Lipinski definition) is 2. The van der Waals surface area contributed by atoms with E-state index in [4.69, 9.17) is 11.6 Å². The molecule has 2 aromatic rings. The van der Waals surface area contributed by atoms with Crippen LogP contribution in [0.3, 0.4) is 0 Å². The fourth-order valence-electron chi connectivity index (χ4n) is 3.09. The Morgan fingerprint density at radius 1 is 1.39 bits per heavy atom. The second-order valence-electron chi connectivity index (χ2n) is 5.80. The van der Waals surface area contributed by atoms with Crippen molar-refractivity contribution in [1.29, 1.82) is 0 Å². The Labute approximate surface area is 144 Å². The van der Waals surface area contributed by atoms with Gasteiger partial charge in [0.15, 0.2) is 0 Å². The SMILES string of the molecule is O=C(NCc1cnsn1)N[C@H](c1cccc(Cl)c1)C1CCCC1. The van der Waals surface area contributed by atoms with Crippen molar-refractivity contribution in [3.63, 3.8) is 0 Å². The van der Waals surface area contributed by atoms with Crippen LogP contribution in [0.4, 0.5) is 4.79 Å². The lowest BCUT2D eigenvalue weighted by Gasteiger charge is -2.25. The summed E-state index contributed by atoms with van der Waals surface area (Å²) >= 11 is 7.26. The van der Waals surface area contributed by atoms with Crippen LogP contribution in [0.1, 0.15) is 43.0 Å². The summed E-state index contributed by atoms with van der Waals surface area (Å²) in [5.41, 5.74) is 1.83. The highest BCUT2D eigenvalue weighted by molar-refractivity contribution is 6.99. The summed E-state index contributed by atoms with van der Waals surface area (Å²) in [5, 5.41) is 6.65. The summed E-state index contributed by atoms with van der Waals surface area (Å²) < 4.78 is 8.01. The number of amides is 2. The molecule has 5 nitrogen and oxygen atoms in total. The van der Waals surface area contributed by atoms with Crippen molar-refractivity contribution in [3.8, 4) is 0 Å². The fourth-order valence-corrected chi connectivity index (χ4v) is 3.72. The van der Waals surface area contributed by atoms with E-state index < -0.39 is 0 Å². The van der Waals surface area contributed by atoms with Gasteiger partial charge in [0, 0.05) is 5.02 Å². The minimum atomic E-state index is -0.185. The van der Waals surface area contributed by atoms with Crippen molar-refractivity contribution in [3.05, 3.63) is 46.7 Å². The molecule has 0 spiro atoms. The van der Waals surface area contributed by atoms with Crippen molar-refractivity contribution in [2.45, 2.75) is 38.3 Å². The van der Waals surface area contributed by atoms with Crippen LogP contribution in [0, 0.1) is 5.92 Å². The molecule has 1 aliphatic rings. The first kappa shape index (κ1) is 16.2. The van der Waals surface area contributed by atoms with Crippen LogP contribution in [0.15, 0.2) is 30.5 Å². The van der Waals surface area contributed by atoms with E-state index in [0.717, 1.165) is 35.8 Å². The summed E-state index contributed by atoms with van der Waals surface area (Å²) in [6, 6.07) is 7.56. The smallest absolute Gasteiger partial charge is 0.315 e. The van der Waals surface area contributed by atoms with Gasteiger partial charge in [-0.3, -0.25) is 0 Å². The molecule has 0 saturated heterocycles. The van der Waals surface area contributed by atoms with Crippen LogP contribution < -0.4 is 10.6 Å². The first-order chi connectivity index (χ1) is 11.2. The number of urea groups is 1. The van der Waals surface area contributed by atoms with Crippen molar-refractivity contribution in [1.82, 2.24) is 19.4 Å². The summed E-state index contributed by atoms with van der Waals surface area (Å²) in [7, 11) is 0. The Morgan fingerprint density at radius 3 is 2.91 bits per heavy atom. The number of rotatable bonds is 5. The molecule has 1 saturated carbocycles. The highest BCUT2D eigenvalue weighted by atomic mass is 35.5. The number of nitrogens with one attached hydrogen (secondary N) is 2. The maximum Gasteiger partial charge on any atom is 0.315 e. The van der Waals surface area contributed by atoms with Crippen LogP contribution in [-0.2, 0) is 6.54 Å². The van der Waals surface area contributed by atoms with Gasteiger partial charge in [0.05, 0.1) is 36.2 Å². The third-order valence-electron chi connectivity index (χ3n) is 4.20. The van der Waals surface area contributed by atoms with Crippen LogP contribution >= 0.6 is 23.3 Å². The highest BCUT2D eigenvalue weighted by Gasteiger charge is 2.27. The van der Waals surface area contributed by atoms with E-state index in [1.807, 2.05) is 24.3 Å².